The zero-order chi connectivity index (χ0) is 45.5. The van der Waals surface area contributed by atoms with Crippen LogP contribution in [0.15, 0.2) is 231 Å². The first-order valence-corrected chi connectivity index (χ1v) is 24.4. The summed E-state index contributed by atoms with van der Waals surface area (Å²) in [6.07, 6.45) is 9.46. The van der Waals surface area contributed by atoms with Crippen LogP contribution in [-0.2, 0) is 5.41 Å². The maximum absolute atomic E-state index is 2.54. The maximum Gasteiger partial charge on any atom is 0.0703 e. The van der Waals surface area contributed by atoms with Gasteiger partial charge in [0.2, 0.25) is 0 Å². The Kier molecular flexibility index (Phi) is 9.03. The van der Waals surface area contributed by atoms with Crippen molar-refractivity contribution in [3.8, 4) is 11.1 Å². The Bertz CT molecular complexity index is 3570. The average Bonchev–Trinajstić information content (AvgIpc) is 4.02. The van der Waals surface area contributed by atoms with Gasteiger partial charge in [-0.3, -0.25) is 0 Å². The van der Waals surface area contributed by atoms with Crippen molar-refractivity contribution >= 4 is 91.2 Å². The highest BCUT2D eigenvalue weighted by Gasteiger charge is 2.46. The van der Waals surface area contributed by atoms with Crippen molar-refractivity contribution in [3.05, 3.63) is 253 Å². The Hall–Kier alpha value is -8.60. The van der Waals surface area contributed by atoms with Gasteiger partial charge in [-0.15, -0.1) is 0 Å². The van der Waals surface area contributed by atoms with Crippen molar-refractivity contribution < 1.29 is 0 Å². The molecular formula is C65H48N4. The Balaban J connectivity index is 0.827. The standard InChI is InChI=1S/C65H48N4/c1-3-20-47(21-4-1)66-57-26-7-9-28-59(57)68(60-29-10-8-27-58(60)66)49-38-40-52-51-39-36-45(43-54(51)65(55(52)44-49)41-15-16-42-65)35-37-46-19-17-25-53-50(46)24-18-34-56(53)69-63-32-13-11-30-61(63)67(48-22-5-2-6-23-48)62-31-12-14-33-64(62)69/h1-14,17-40,43-44H,15-16,41-42H2/b37-35+. The van der Waals surface area contributed by atoms with E-state index in [-0.39, 0.29) is 5.41 Å². The fourth-order valence-electron chi connectivity index (χ4n) is 12.2. The lowest BCUT2D eigenvalue weighted by molar-refractivity contribution is 0.550. The van der Waals surface area contributed by atoms with Crippen LogP contribution in [0.1, 0.15) is 47.9 Å². The van der Waals surface area contributed by atoms with Crippen LogP contribution in [0.5, 0.6) is 0 Å². The van der Waals surface area contributed by atoms with Crippen LogP contribution in [0.2, 0.25) is 0 Å². The molecule has 1 spiro atoms. The van der Waals surface area contributed by atoms with E-state index in [0.29, 0.717) is 0 Å². The van der Waals surface area contributed by atoms with Crippen LogP contribution in [0.4, 0.5) is 68.2 Å². The van der Waals surface area contributed by atoms with E-state index >= 15 is 0 Å². The predicted molar refractivity (Wildman–Crippen MR) is 290 cm³/mol. The van der Waals surface area contributed by atoms with Gasteiger partial charge in [-0.25, -0.2) is 0 Å². The molecule has 2 aliphatic heterocycles. The lowest BCUT2D eigenvalue weighted by Gasteiger charge is -2.40. The summed E-state index contributed by atoms with van der Waals surface area (Å²) in [6.45, 7) is 0. The molecule has 4 aliphatic rings. The summed E-state index contributed by atoms with van der Waals surface area (Å²) in [6, 6.07) is 84.8. The number of hydrogen-bond donors (Lipinski definition) is 0. The summed E-state index contributed by atoms with van der Waals surface area (Å²) in [5, 5.41) is 2.45. The quantitative estimate of drug-likeness (QED) is 0.154. The van der Waals surface area contributed by atoms with Gasteiger partial charge < -0.3 is 19.6 Å². The van der Waals surface area contributed by atoms with Crippen LogP contribution in [0, 0.1) is 0 Å². The first-order valence-electron chi connectivity index (χ1n) is 24.4. The minimum Gasteiger partial charge on any atom is -0.306 e. The highest BCUT2D eigenvalue weighted by atomic mass is 15.3. The second kappa shape index (κ2) is 15.8. The molecule has 69 heavy (non-hydrogen) atoms. The zero-order valence-electron chi connectivity index (χ0n) is 38.2. The molecule has 10 aromatic carbocycles. The molecule has 0 aromatic heterocycles. The summed E-state index contributed by atoms with van der Waals surface area (Å²) in [5.41, 5.74) is 22.2. The monoisotopic (exact) mass is 884 g/mol. The molecule has 1 saturated carbocycles. The second-order valence-corrected chi connectivity index (χ2v) is 18.8. The lowest BCUT2D eigenvalue weighted by Crippen LogP contribution is -2.25. The van der Waals surface area contributed by atoms with E-state index in [9.17, 15) is 0 Å². The Labute approximate surface area is 403 Å². The third-order valence-electron chi connectivity index (χ3n) is 15.2. The van der Waals surface area contributed by atoms with Crippen LogP contribution in [-0.4, -0.2) is 0 Å². The molecule has 0 saturated heterocycles. The number of nitrogens with zero attached hydrogens (tertiary/aromatic N) is 4. The van der Waals surface area contributed by atoms with E-state index in [1.54, 1.807) is 0 Å². The van der Waals surface area contributed by atoms with Gasteiger partial charge in [0.1, 0.15) is 0 Å². The molecule has 0 unspecified atom stereocenters. The Morgan fingerprint density at radius 2 is 0.725 bits per heavy atom. The molecule has 1 fully saturated rings. The first-order chi connectivity index (χ1) is 34.2. The largest absolute Gasteiger partial charge is 0.306 e. The molecule has 0 radical (unpaired) electrons. The summed E-state index contributed by atoms with van der Waals surface area (Å²) in [5.74, 6) is 0. The number of benzene rings is 10. The highest BCUT2D eigenvalue weighted by Crippen LogP contribution is 2.60. The number of hydrogen-bond acceptors (Lipinski definition) is 4. The van der Waals surface area contributed by atoms with Crippen LogP contribution < -0.4 is 19.6 Å². The van der Waals surface area contributed by atoms with Crippen molar-refractivity contribution in [2.75, 3.05) is 19.6 Å². The molecular weight excluding hydrogens is 837 g/mol. The molecule has 2 heterocycles. The molecule has 0 N–H and O–H groups in total. The van der Waals surface area contributed by atoms with Crippen molar-refractivity contribution in [2.45, 2.75) is 31.1 Å². The number of para-hydroxylation sites is 10. The number of rotatable bonds is 6. The smallest absolute Gasteiger partial charge is 0.0703 e. The second-order valence-electron chi connectivity index (χ2n) is 18.8. The van der Waals surface area contributed by atoms with E-state index in [0.717, 1.165) is 47.0 Å². The van der Waals surface area contributed by atoms with Gasteiger partial charge in [-0.2, -0.15) is 0 Å². The summed E-state index contributed by atoms with van der Waals surface area (Å²) in [7, 11) is 0. The van der Waals surface area contributed by atoms with E-state index in [4.69, 9.17) is 0 Å². The maximum atomic E-state index is 2.54. The van der Waals surface area contributed by atoms with Crippen LogP contribution in [0.25, 0.3) is 34.1 Å². The summed E-state index contributed by atoms with van der Waals surface area (Å²) < 4.78 is 0. The van der Waals surface area contributed by atoms with Gasteiger partial charge in [0.25, 0.3) is 0 Å². The molecule has 14 rings (SSSR count). The summed E-state index contributed by atoms with van der Waals surface area (Å²) in [4.78, 5) is 9.73. The normalized spacial score (nSPS) is 15.0. The number of anilines is 12. The van der Waals surface area contributed by atoms with Gasteiger partial charge in [0.05, 0.1) is 51.2 Å². The van der Waals surface area contributed by atoms with E-state index in [2.05, 4.69) is 262 Å². The molecule has 4 heteroatoms. The van der Waals surface area contributed by atoms with E-state index in [1.165, 1.54) is 91.1 Å². The molecule has 2 aliphatic carbocycles. The molecule has 0 bridgehead atoms. The topological polar surface area (TPSA) is 13.0 Å². The molecule has 0 amide bonds. The van der Waals surface area contributed by atoms with Gasteiger partial charge in [0, 0.05) is 27.9 Å². The first kappa shape index (κ1) is 39.6. The third-order valence-corrected chi connectivity index (χ3v) is 15.2. The Morgan fingerprint density at radius 1 is 0.304 bits per heavy atom. The van der Waals surface area contributed by atoms with E-state index < -0.39 is 0 Å². The van der Waals surface area contributed by atoms with Crippen LogP contribution in [0.3, 0.4) is 0 Å². The summed E-state index contributed by atoms with van der Waals surface area (Å²) >= 11 is 0. The third kappa shape index (κ3) is 6.08. The average molecular weight is 885 g/mol. The molecule has 4 nitrogen and oxygen atoms in total. The fraction of sp³-hybridized carbons (Fsp3) is 0.0769. The minimum atomic E-state index is -0.0130. The van der Waals surface area contributed by atoms with Gasteiger partial charge in [-0.1, -0.05) is 165 Å². The van der Waals surface area contributed by atoms with E-state index in [1.807, 2.05) is 0 Å². The molecule has 328 valence electrons. The highest BCUT2D eigenvalue weighted by molar-refractivity contribution is 6.09. The predicted octanol–water partition coefficient (Wildman–Crippen LogP) is 18.4. The van der Waals surface area contributed by atoms with Crippen molar-refractivity contribution in [2.24, 2.45) is 0 Å². The number of fused-ring (bicyclic) bond motifs is 10. The zero-order valence-corrected chi connectivity index (χ0v) is 38.2. The Morgan fingerprint density at radius 3 is 1.26 bits per heavy atom. The SMILES string of the molecule is C(=C\c1cccc2c(N3c4ccccc4N(c4ccccc4)c4ccccc43)cccc12)/c1ccc2c(c1)C1(CCCC1)c1cc(N3c4ccccc4N(c4ccccc4)c4ccccc43)ccc1-2. The minimum absolute atomic E-state index is 0.0130. The lowest BCUT2D eigenvalue weighted by atomic mass is 9.76. The van der Waals surface area contributed by atoms with Crippen molar-refractivity contribution in [3.63, 3.8) is 0 Å². The van der Waals surface area contributed by atoms with Crippen LogP contribution >= 0.6 is 0 Å². The van der Waals surface area contributed by atoms with Gasteiger partial charge in [-0.05, 0) is 143 Å². The fourth-order valence-corrected chi connectivity index (χ4v) is 12.2. The van der Waals surface area contributed by atoms with Crippen molar-refractivity contribution in [1.82, 2.24) is 0 Å². The van der Waals surface area contributed by atoms with Crippen molar-refractivity contribution in [1.29, 1.82) is 0 Å². The molecule has 0 atom stereocenters. The molecule has 10 aromatic rings. The van der Waals surface area contributed by atoms with Gasteiger partial charge >= 0.3 is 0 Å². The van der Waals surface area contributed by atoms with Gasteiger partial charge in [0.15, 0.2) is 0 Å².